The van der Waals surface area contributed by atoms with Crippen LogP contribution >= 0.6 is 18.5 Å². The van der Waals surface area contributed by atoms with Gasteiger partial charge in [0.15, 0.2) is 0 Å². The lowest BCUT2D eigenvalue weighted by atomic mass is 9.47. The zero-order chi connectivity index (χ0) is 34.6. The molecule has 0 radical (unpaired) electrons. The van der Waals surface area contributed by atoms with Crippen LogP contribution in [0.15, 0.2) is 11.6 Å². The quantitative estimate of drug-likeness (QED) is 0.0878. The monoisotopic (exact) mass is 697 g/mol. The van der Waals surface area contributed by atoms with E-state index >= 15 is 0 Å². The van der Waals surface area contributed by atoms with E-state index in [4.69, 9.17) is 9.26 Å². The molecule has 11 atom stereocenters. The molecule has 0 aromatic carbocycles. The van der Waals surface area contributed by atoms with Crippen LogP contribution in [0.2, 0.25) is 0 Å². The lowest BCUT2D eigenvalue weighted by Crippen LogP contribution is -2.58. The molecule has 0 heterocycles. The number of allylic oxidation sites excluding steroid dienone is 2. The predicted molar refractivity (Wildman–Crippen MR) is 201 cm³/mol. The maximum absolute atomic E-state index is 13.5. The van der Waals surface area contributed by atoms with Gasteiger partial charge < -0.3 is 14.1 Å². The number of hydrogen-bond acceptors (Lipinski definition) is 5. The summed E-state index contributed by atoms with van der Waals surface area (Å²) in [6.45, 7) is 28.0. The van der Waals surface area contributed by atoms with Gasteiger partial charge in [0.05, 0.1) is 36.3 Å². The number of likely N-dealkylation sites (N-methyl/N-ethyl adjacent to an activating group) is 1. The highest BCUT2D eigenvalue weighted by molar-refractivity contribution is 8.57. The molecule has 0 bridgehead atoms. The molecule has 3 saturated carbocycles. The summed E-state index contributed by atoms with van der Waals surface area (Å²) in [5.41, 5.74) is 2.33. The van der Waals surface area contributed by atoms with Crippen molar-refractivity contribution in [2.45, 2.75) is 151 Å². The van der Waals surface area contributed by atoms with E-state index in [1.807, 2.05) is 6.92 Å². The normalized spacial score (nSPS) is 35.8. The number of nitrogens with zero attached hydrogens (tertiary/aromatic N) is 1. The molecule has 0 spiro atoms. The van der Waals surface area contributed by atoms with E-state index in [1.54, 1.807) is 5.57 Å². The summed E-state index contributed by atoms with van der Waals surface area (Å²) in [6, 6.07) is 0.0621. The molecule has 0 aromatic rings. The summed E-state index contributed by atoms with van der Waals surface area (Å²) in [6.07, 6.45) is 16.7. The van der Waals surface area contributed by atoms with Crippen molar-refractivity contribution in [1.82, 2.24) is 0 Å². The third-order valence-corrected chi connectivity index (χ3v) is 18.6. The van der Waals surface area contributed by atoms with Crippen LogP contribution in [0.1, 0.15) is 140 Å². The van der Waals surface area contributed by atoms with Gasteiger partial charge in [0.1, 0.15) is 19.3 Å². The second-order valence-electron chi connectivity index (χ2n) is 17.2. The van der Waals surface area contributed by atoms with Crippen molar-refractivity contribution < 1.29 is 23.5 Å². The Morgan fingerprint density at radius 2 is 1.66 bits per heavy atom. The summed E-state index contributed by atoms with van der Waals surface area (Å²) >= 11 is 1.23. The number of quaternary nitrogens is 1. The summed E-state index contributed by atoms with van der Waals surface area (Å²) in [5, 5.41) is 0.151. The minimum Gasteiger partial charge on any atom is -0.622 e. The molecule has 1 N–H and O–H groups in total. The fourth-order valence-corrected chi connectivity index (χ4v) is 15.2. The van der Waals surface area contributed by atoms with Crippen molar-refractivity contribution in [2.24, 2.45) is 52.3 Å². The van der Waals surface area contributed by atoms with Crippen molar-refractivity contribution >= 4 is 18.5 Å². The van der Waals surface area contributed by atoms with Gasteiger partial charge in [-0.25, -0.2) is 4.89 Å². The molecule has 0 saturated heterocycles. The van der Waals surface area contributed by atoms with Gasteiger partial charge in [-0.1, -0.05) is 66.0 Å². The Kier molecular flexibility index (Phi) is 14.3. The number of fused-ring (bicyclic) bond motifs is 5. The van der Waals surface area contributed by atoms with Gasteiger partial charge >= 0.3 is 0 Å². The highest BCUT2D eigenvalue weighted by atomic mass is 32.7. The number of rotatable bonds is 18. The highest BCUT2D eigenvalue weighted by Gasteiger charge is 2.59. The smallest absolute Gasteiger partial charge is 0.295 e. The van der Waals surface area contributed by atoms with E-state index in [0.29, 0.717) is 18.6 Å². The molecule has 7 heteroatoms. The summed E-state index contributed by atoms with van der Waals surface area (Å²) in [5.74, 6) is 5.83. The van der Waals surface area contributed by atoms with Crippen LogP contribution < -0.4 is 4.89 Å². The Morgan fingerprint density at radius 3 is 2.28 bits per heavy atom. The van der Waals surface area contributed by atoms with Crippen molar-refractivity contribution in [3.8, 4) is 0 Å². The minimum absolute atomic E-state index is 0.0621. The second kappa shape index (κ2) is 16.8. The van der Waals surface area contributed by atoms with Crippen LogP contribution in [0.5, 0.6) is 0 Å². The van der Waals surface area contributed by atoms with Crippen LogP contribution in [0.25, 0.3) is 0 Å². The van der Waals surface area contributed by atoms with Crippen molar-refractivity contribution in [2.75, 3.05) is 39.5 Å². The molecule has 0 aromatic heterocycles. The van der Waals surface area contributed by atoms with Crippen molar-refractivity contribution in [3.05, 3.63) is 11.6 Å². The SMILES string of the molecule is CCOCC(CO[P+]([O-])(O)S[C@H]1CC[C@@]2(C)C(=CC[C@H]3[C@@H]4CC[C@H]([C@H](C)CC[C@@H](CC)C(C)C)[C@@]4(C)CC[C@@H]32)C1)[N+](CC)(CC)CC. The van der Waals surface area contributed by atoms with Crippen LogP contribution in [-0.2, 0) is 9.26 Å². The fourth-order valence-electron chi connectivity index (χ4n) is 11.8. The van der Waals surface area contributed by atoms with E-state index in [1.165, 1.54) is 62.7 Å². The van der Waals surface area contributed by atoms with E-state index < -0.39 is 7.15 Å². The highest BCUT2D eigenvalue weighted by Crippen LogP contribution is 2.70. The molecule has 3 fully saturated rings. The molecular weight excluding hydrogens is 621 g/mol. The molecule has 4 rings (SSSR count). The largest absolute Gasteiger partial charge is 0.622 e. The van der Waals surface area contributed by atoms with E-state index in [0.717, 1.165) is 84.8 Å². The van der Waals surface area contributed by atoms with Gasteiger partial charge in [-0.15, -0.1) is 0 Å². The van der Waals surface area contributed by atoms with Gasteiger partial charge in [0, 0.05) is 6.61 Å². The molecule has 274 valence electrons. The second-order valence-corrected chi connectivity index (χ2v) is 21.3. The van der Waals surface area contributed by atoms with Crippen LogP contribution in [0.4, 0.5) is 0 Å². The maximum atomic E-state index is 13.5. The standard InChI is InChI=1S/C40H74NO4PS/c1-11-31(29(6)7)17-16-30(8)36-20-21-37-35-19-18-32-26-34(22-24-39(32,9)38(35)23-25-40(36,37)10)47-46(42,43)45-28-33(27-44-15-5)41(12-2,13-3)14-4/h18,29-31,33-38H,11-17,19-28H2,1-10H3/p+1/t30-,31-,33?,34+,35+,36-,37+,38+,39+,40-/m1/s1. The summed E-state index contributed by atoms with van der Waals surface area (Å²) < 4.78 is 12.6. The first-order valence-corrected chi connectivity index (χ1v) is 23.1. The number of hydrogen-bond donors (Lipinski definition) is 1. The molecular formula is C40H75NO4PS+. The van der Waals surface area contributed by atoms with Crippen molar-refractivity contribution in [3.63, 3.8) is 0 Å². The first kappa shape index (κ1) is 40.1. The third-order valence-electron chi connectivity index (χ3n) is 15.2. The number of ether oxygens (including phenoxy) is 1. The zero-order valence-corrected chi connectivity index (χ0v) is 34.0. The minimum atomic E-state index is -3.78. The lowest BCUT2D eigenvalue weighted by molar-refractivity contribution is -0.947. The molecule has 4 aliphatic carbocycles. The Balaban J connectivity index is 1.38. The Hall–Kier alpha value is 0.320. The molecule has 47 heavy (non-hydrogen) atoms. The van der Waals surface area contributed by atoms with Gasteiger partial charge in [0.25, 0.3) is 7.15 Å². The third kappa shape index (κ3) is 8.52. The predicted octanol–water partition coefficient (Wildman–Crippen LogP) is 10.1. The zero-order valence-electron chi connectivity index (χ0n) is 32.3. The Bertz CT molecular complexity index is 1010. The van der Waals surface area contributed by atoms with Crippen LogP contribution in [-0.4, -0.2) is 60.1 Å². The Morgan fingerprint density at radius 1 is 0.957 bits per heavy atom. The van der Waals surface area contributed by atoms with Crippen LogP contribution in [0.3, 0.4) is 0 Å². The lowest BCUT2D eigenvalue weighted by Gasteiger charge is -2.58. The molecule has 2 unspecified atom stereocenters. The molecule has 5 nitrogen and oxygen atoms in total. The van der Waals surface area contributed by atoms with Crippen molar-refractivity contribution in [1.29, 1.82) is 0 Å². The average Bonchev–Trinajstić information content (AvgIpc) is 3.40. The van der Waals surface area contributed by atoms with E-state index in [-0.39, 0.29) is 23.3 Å². The molecule has 0 aliphatic heterocycles. The maximum Gasteiger partial charge on any atom is 0.295 e. The van der Waals surface area contributed by atoms with E-state index in [2.05, 4.69) is 68.4 Å². The van der Waals surface area contributed by atoms with Gasteiger partial charge in [-0.05, 0) is 138 Å². The summed E-state index contributed by atoms with van der Waals surface area (Å²) in [7, 11) is -3.78. The van der Waals surface area contributed by atoms with E-state index in [9.17, 15) is 9.79 Å². The summed E-state index contributed by atoms with van der Waals surface area (Å²) in [4.78, 5) is 24.6. The molecule has 4 aliphatic rings. The van der Waals surface area contributed by atoms with Gasteiger partial charge in [-0.3, -0.25) is 0 Å². The first-order valence-electron chi connectivity index (χ1n) is 20.0. The molecule has 0 amide bonds. The Labute approximate surface area is 295 Å². The fraction of sp³-hybridized carbons (Fsp3) is 0.950. The average molecular weight is 697 g/mol. The van der Waals surface area contributed by atoms with Gasteiger partial charge in [-0.2, -0.15) is 4.52 Å². The topological polar surface area (TPSA) is 61.8 Å². The first-order chi connectivity index (χ1) is 22.2. The van der Waals surface area contributed by atoms with Gasteiger partial charge in [0.2, 0.25) is 0 Å². The van der Waals surface area contributed by atoms with Crippen LogP contribution in [0, 0.1) is 52.3 Å².